The van der Waals surface area contributed by atoms with E-state index < -0.39 is 5.41 Å². The zero-order valence-corrected chi connectivity index (χ0v) is 17.3. The maximum atomic E-state index is 14.0. The van der Waals surface area contributed by atoms with Crippen LogP contribution < -0.4 is 4.90 Å². The van der Waals surface area contributed by atoms with Crippen LogP contribution in [0.2, 0.25) is 5.02 Å². The molecule has 0 radical (unpaired) electrons. The Balaban J connectivity index is 1.53. The van der Waals surface area contributed by atoms with E-state index in [0.29, 0.717) is 17.1 Å². The van der Waals surface area contributed by atoms with Gasteiger partial charge in [0.2, 0.25) is 11.8 Å². The molecule has 1 saturated heterocycles. The highest BCUT2D eigenvalue weighted by Crippen LogP contribution is 2.64. The third-order valence-corrected chi connectivity index (χ3v) is 7.65. The maximum absolute atomic E-state index is 14.0. The lowest BCUT2D eigenvalue weighted by Crippen LogP contribution is -2.47. The first-order valence-corrected chi connectivity index (χ1v) is 10.7. The number of aryl methyl sites for hydroxylation is 1. The van der Waals surface area contributed by atoms with Crippen LogP contribution in [0.5, 0.6) is 0 Å². The van der Waals surface area contributed by atoms with Crippen LogP contribution in [-0.2, 0) is 9.59 Å². The molecule has 3 aliphatic carbocycles. The van der Waals surface area contributed by atoms with Crippen molar-refractivity contribution in [3.63, 3.8) is 0 Å². The lowest BCUT2D eigenvalue weighted by molar-refractivity contribution is -0.127. The number of carbonyl (C=O) groups is 2. The molecule has 3 nitrogen and oxygen atoms in total. The Morgan fingerprint density at radius 1 is 0.900 bits per heavy atom. The molecule has 1 unspecified atom stereocenters. The molecule has 0 N–H and O–H groups in total. The highest BCUT2D eigenvalue weighted by Gasteiger charge is 2.62. The predicted octanol–water partition coefficient (Wildman–Crippen LogP) is 5.58. The summed E-state index contributed by atoms with van der Waals surface area (Å²) >= 11 is 6.31. The molecule has 1 spiro atoms. The van der Waals surface area contributed by atoms with E-state index in [-0.39, 0.29) is 30.1 Å². The first-order chi connectivity index (χ1) is 14.5. The van der Waals surface area contributed by atoms with Gasteiger partial charge in [0.1, 0.15) is 0 Å². The van der Waals surface area contributed by atoms with Gasteiger partial charge in [0.25, 0.3) is 0 Å². The SMILES string of the molecule is Cc1ccc(N2C(=O)CC3(CC4c5ccccc5C3c3ccccc34)C2=O)cc1Cl. The number of rotatable bonds is 1. The largest absolute Gasteiger partial charge is 0.274 e. The van der Waals surface area contributed by atoms with Crippen molar-refractivity contribution >= 4 is 29.1 Å². The fraction of sp³-hybridized carbons (Fsp3) is 0.231. The molecule has 3 aromatic carbocycles. The van der Waals surface area contributed by atoms with Crippen LogP contribution in [0.25, 0.3) is 0 Å². The van der Waals surface area contributed by atoms with Crippen molar-refractivity contribution in [3.8, 4) is 0 Å². The molecule has 0 aromatic heterocycles. The van der Waals surface area contributed by atoms with Gasteiger partial charge in [-0.05, 0) is 53.3 Å². The predicted molar refractivity (Wildman–Crippen MR) is 117 cm³/mol. The van der Waals surface area contributed by atoms with Gasteiger partial charge in [0.05, 0.1) is 11.1 Å². The van der Waals surface area contributed by atoms with E-state index in [1.807, 2.05) is 31.2 Å². The molecule has 7 rings (SSSR count). The number of benzene rings is 3. The Bertz CT molecular complexity index is 1200. The minimum atomic E-state index is -0.734. The first-order valence-electron chi connectivity index (χ1n) is 10.3. The molecule has 148 valence electrons. The van der Waals surface area contributed by atoms with Gasteiger partial charge in [-0.1, -0.05) is 66.2 Å². The molecule has 1 aliphatic heterocycles. The van der Waals surface area contributed by atoms with Crippen LogP contribution in [-0.4, -0.2) is 11.8 Å². The number of imide groups is 1. The minimum absolute atomic E-state index is 0.0913. The minimum Gasteiger partial charge on any atom is -0.274 e. The quantitative estimate of drug-likeness (QED) is 0.488. The Morgan fingerprint density at radius 2 is 1.50 bits per heavy atom. The summed E-state index contributed by atoms with van der Waals surface area (Å²) in [6.45, 7) is 1.91. The Kier molecular flexibility index (Phi) is 3.61. The topological polar surface area (TPSA) is 37.4 Å². The van der Waals surface area contributed by atoms with Gasteiger partial charge in [-0.25, -0.2) is 4.90 Å². The fourth-order valence-corrected chi connectivity index (χ4v) is 6.12. The van der Waals surface area contributed by atoms with Gasteiger partial charge >= 0.3 is 0 Å². The van der Waals surface area contributed by atoms with E-state index in [9.17, 15) is 9.59 Å². The van der Waals surface area contributed by atoms with Gasteiger partial charge in [0.15, 0.2) is 0 Å². The molecule has 1 fully saturated rings. The second kappa shape index (κ2) is 6.05. The average Bonchev–Trinajstić information content (AvgIpc) is 2.99. The molecular weight excluding hydrogens is 394 g/mol. The van der Waals surface area contributed by atoms with E-state index in [1.54, 1.807) is 6.07 Å². The molecular formula is C26H20ClNO2. The van der Waals surface area contributed by atoms with Gasteiger partial charge in [-0.3, -0.25) is 9.59 Å². The fourth-order valence-electron chi connectivity index (χ4n) is 5.94. The molecule has 0 saturated carbocycles. The number of nitrogens with zero attached hydrogens (tertiary/aromatic N) is 1. The summed E-state index contributed by atoms with van der Waals surface area (Å²) in [5.74, 6) is -0.188. The number of anilines is 1. The molecule has 2 amide bonds. The summed E-state index contributed by atoms with van der Waals surface area (Å²) in [5, 5.41) is 0.565. The van der Waals surface area contributed by atoms with E-state index in [4.69, 9.17) is 11.6 Å². The van der Waals surface area contributed by atoms with Crippen LogP contribution >= 0.6 is 11.6 Å². The van der Waals surface area contributed by atoms with Gasteiger partial charge in [-0.2, -0.15) is 0 Å². The van der Waals surface area contributed by atoms with Crippen molar-refractivity contribution in [1.29, 1.82) is 0 Å². The normalized spacial score (nSPS) is 26.3. The van der Waals surface area contributed by atoms with Crippen LogP contribution in [0.1, 0.15) is 52.5 Å². The lowest BCUT2D eigenvalue weighted by Gasteiger charge is -2.50. The van der Waals surface area contributed by atoms with Crippen LogP contribution in [0.15, 0.2) is 66.7 Å². The number of hydrogen-bond donors (Lipinski definition) is 0. The summed E-state index contributed by atoms with van der Waals surface area (Å²) in [4.78, 5) is 28.6. The maximum Gasteiger partial charge on any atom is 0.241 e. The van der Waals surface area contributed by atoms with E-state index in [0.717, 1.165) is 5.56 Å². The van der Waals surface area contributed by atoms with Gasteiger partial charge < -0.3 is 0 Å². The lowest BCUT2D eigenvalue weighted by atomic mass is 9.51. The molecule has 1 heterocycles. The zero-order valence-electron chi connectivity index (χ0n) is 16.6. The van der Waals surface area contributed by atoms with Gasteiger partial charge in [-0.15, -0.1) is 0 Å². The van der Waals surface area contributed by atoms with Crippen LogP contribution in [0.4, 0.5) is 5.69 Å². The third-order valence-electron chi connectivity index (χ3n) is 7.24. The van der Waals surface area contributed by atoms with Crippen molar-refractivity contribution in [3.05, 3.63) is 99.6 Å². The zero-order chi connectivity index (χ0) is 20.6. The van der Waals surface area contributed by atoms with E-state index in [1.165, 1.54) is 27.2 Å². The highest BCUT2D eigenvalue weighted by molar-refractivity contribution is 6.32. The average molecular weight is 414 g/mol. The number of halogens is 1. The first kappa shape index (κ1) is 17.9. The number of amides is 2. The van der Waals surface area contributed by atoms with Crippen molar-refractivity contribution in [2.45, 2.75) is 31.6 Å². The highest BCUT2D eigenvalue weighted by atomic mass is 35.5. The monoisotopic (exact) mass is 413 g/mol. The summed E-state index contributed by atoms with van der Waals surface area (Å²) in [7, 11) is 0. The number of hydrogen-bond acceptors (Lipinski definition) is 2. The van der Waals surface area contributed by atoms with Crippen LogP contribution in [0, 0.1) is 12.3 Å². The second-order valence-corrected chi connectivity index (χ2v) is 9.16. The van der Waals surface area contributed by atoms with Crippen LogP contribution in [0.3, 0.4) is 0 Å². The standard InChI is InChI=1S/C26H20ClNO2/c1-15-10-11-16(12-22(15)27)28-23(29)14-26(25(28)30)13-21-17-6-2-4-8-19(17)24(26)20-9-5-3-7-18(20)21/h2-12,21,24H,13-14H2,1H3. The molecule has 3 aromatic rings. The molecule has 30 heavy (non-hydrogen) atoms. The summed E-state index contributed by atoms with van der Waals surface area (Å²) < 4.78 is 0. The van der Waals surface area contributed by atoms with Crippen molar-refractivity contribution < 1.29 is 9.59 Å². The van der Waals surface area contributed by atoms with Crippen molar-refractivity contribution in [2.24, 2.45) is 5.41 Å². The van der Waals surface area contributed by atoms with Crippen molar-refractivity contribution in [2.75, 3.05) is 4.90 Å². The molecule has 1 atom stereocenters. The summed E-state index contributed by atoms with van der Waals surface area (Å²) in [5.41, 5.74) is 5.74. The number of carbonyl (C=O) groups excluding carboxylic acids is 2. The second-order valence-electron chi connectivity index (χ2n) is 8.75. The smallest absolute Gasteiger partial charge is 0.241 e. The molecule has 4 aliphatic rings. The summed E-state index contributed by atoms with van der Waals surface area (Å²) in [6, 6.07) is 22.2. The summed E-state index contributed by atoms with van der Waals surface area (Å²) in [6.07, 6.45) is 0.910. The molecule has 2 bridgehead atoms. The Labute approximate surface area is 180 Å². The Morgan fingerprint density at radius 3 is 2.10 bits per heavy atom. The Hall–Kier alpha value is -2.91. The van der Waals surface area contributed by atoms with Crippen molar-refractivity contribution in [1.82, 2.24) is 0 Å². The van der Waals surface area contributed by atoms with E-state index >= 15 is 0 Å². The van der Waals surface area contributed by atoms with E-state index in [2.05, 4.69) is 36.4 Å². The molecule has 4 heteroatoms. The third kappa shape index (κ3) is 2.16. The van der Waals surface area contributed by atoms with Gasteiger partial charge in [0, 0.05) is 23.3 Å².